The van der Waals surface area contributed by atoms with Crippen LogP contribution in [0.4, 0.5) is 5.82 Å². The van der Waals surface area contributed by atoms with Gasteiger partial charge in [-0.3, -0.25) is 5.43 Å². The minimum Gasteiger partial charge on any atom is -0.260 e. The standard InChI is InChI=1S/C8H15N5/c1-4-7(5-2)10-11-8-6-9-12-13(8)3/h6,11H,4-5H2,1-3H3. The second-order valence-corrected chi connectivity index (χ2v) is 2.74. The maximum Gasteiger partial charge on any atom is 0.164 e. The molecule has 72 valence electrons. The first-order chi connectivity index (χ1) is 6.27. The van der Waals surface area contributed by atoms with Crippen LogP contribution < -0.4 is 5.43 Å². The van der Waals surface area contributed by atoms with E-state index in [1.54, 1.807) is 10.9 Å². The third-order valence-corrected chi connectivity index (χ3v) is 1.86. The van der Waals surface area contributed by atoms with Crippen molar-refractivity contribution in [1.82, 2.24) is 15.0 Å². The summed E-state index contributed by atoms with van der Waals surface area (Å²) in [6.07, 6.45) is 3.58. The lowest BCUT2D eigenvalue weighted by molar-refractivity contribution is 0.718. The van der Waals surface area contributed by atoms with Gasteiger partial charge in [-0.25, -0.2) is 4.68 Å². The van der Waals surface area contributed by atoms with Gasteiger partial charge < -0.3 is 0 Å². The summed E-state index contributed by atoms with van der Waals surface area (Å²) in [4.78, 5) is 0. The molecule has 5 heteroatoms. The maximum absolute atomic E-state index is 4.23. The number of hydrogen-bond acceptors (Lipinski definition) is 4. The zero-order valence-corrected chi connectivity index (χ0v) is 8.28. The molecule has 0 saturated heterocycles. The van der Waals surface area contributed by atoms with E-state index in [-0.39, 0.29) is 0 Å². The molecule has 1 N–H and O–H groups in total. The number of rotatable bonds is 4. The Hall–Kier alpha value is -1.39. The van der Waals surface area contributed by atoms with Crippen LogP contribution in [0.5, 0.6) is 0 Å². The van der Waals surface area contributed by atoms with E-state index < -0.39 is 0 Å². The van der Waals surface area contributed by atoms with Gasteiger partial charge in [-0.05, 0) is 12.8 Å². The van der Waals surface area contributed by atoms with Gasteiger partial charge >= 0.3 is 0 Å². The average Bonchev–Trinajstić information content (AvgIpc) is 2.54. The van der Waals surface area contributed by atoms with E-state index in [0.29, 0.717) is 0 Å². The Morgan fingerprint density at radius 3 is 2.69 bits per heavy atom. The second kappa shape index (κ2) is 4.59. The largest absolute Gasteiger partial charge is 0.260 e. The SMILES string of the molecule is CCC(CC)=NNc1cnnn1C. The number of hydrazone groups is 1. The fourth-order valence-electron chi connectivity index (χ4n) is 0.935. The Morgan fingerprint density at radius 1 is 1.54 bits per heavy atom. The van der Waals surface area contributed by atoms with E-state index in [9.17, 15) is 0 Å². The Kier molecular flexibility index (Phi) is 3.42. The van der Waals surface area contributed by atoms with E-state index in [0.717, 1.165) is 24.4 Å². The molecule has 0 aliphatic rings. The van der Waals surface area contributed by atoms with Crippen molar-refractivity contribution in [2.75, 3.05) is 5.43 Å². The van der Waals surface area contributed by atoms with Crippen molar-refractivity contribution >= 4 is 11.5 Å². The van der Waals surface area contributed by atoms with Crippen LogP contribution in [0.25, 0.3) is 0 Å². The van der Waals surface area contributed by atoms with E-state index >= 15 is 0 Å². The van der Waals surface area contributed by atoms with Crippen LogP contribution in [0.3, 0.4) is 0 Å². The van der Waals surface area contributed by atoms with Gasteiger partial charge in [-0.1, -0.05) is 19.1 Å². The summed E-state index contributed by atoms with van der Waals surface area (Å²) < 4.78 is 1.65. The first-order valence-electron chi connectivity index (χ1n) is 4.44. The Labute approximate surface area is 77.8 Å². The van der Waals surface area contributed by atoms with Crippen LogP contribution >= 0.6 is 0 Å². The summed E-state index contributed by atoms with van der Waals surface area (Å²) >= 11 is 0. The third-order valence-electron chi connectivity index (χ3n) is 1.86. The predicted octanol–water partition coefficient (Wildman–Crippen LogP) is 1.40. The molecule has 5 nitrogen and oxygen atoms in total. The topological polar surface area (TPSA) is 55.1 Å². The molecule has 1 aromatic heterocycles. The number of aryl methyl sites for hydroxylation is 1. The van der Waals surface area contributed by atoms with Gasteiger partial charge in [0, 0.05) is 12.8 Å². The predicted molar refractivity (Wildman–Crippen MR) is 52.6 cm³/mol. The van der Waals surface area contributed by atoms with Crippen molar-refractivity contribution in [3.63, 3.8) is 0 Å². The molecule has 0 aliphatic heterocycles. The van der Waals surface area contributed by atoms with E-state index in [1.165, 1.54) is 0 Å². The molecule has 0 radical (unpaired) electrons. The molecule has 1 heterocycles. The molecule has 0 spiro atoms. The van der Waals surface area contributed by atoms with Crippen LogP contribution in [-0.2, 0) is 7.05 Å². The van der Waals surface area contributed by atoms with Crippen LogP contribution in [0.15, 0.2) is 11.3 Å². The third kappa shape index (κ3) is 2.54. The normalized spacial score (nSPS) is 9.77. The highest BCUT2D eigenvalue weighted by Crippen LogP contribution is 2.01. The van der Waals surface area contributed by atoms with E-state index in [2.05, 4.69) is 34.7 Å². The number of aromatic nitrogens is 3. The quantitative estimate of drug-likeness (QED) is 0.564. The molecule has 0 bridgehead atoms. The van der Waals surface area contributed by atoms with Crippen molar-refractivity contribution in [3.05, 3.63) is 6.20 Å². The minimum absolute atomic E-state index is 0.805. The molecule has 0 unspecified atom stereocenters. The van der Waals surface area contributed by atoms with Crippen molar-refractivity contribution in [2.24, 2.45) is 12.1 Å². The fourth-order valence-corrected chi connectivity index (χ4v) is 0.935. The summed E-state index contributed by atoms with van der Waals surface area (Å²) in [5.74, 6) is 0.805. The maximum atomic E-state index is 4.23. The monoisotopic (exact) mass is 181 g/mol. The van der Waals surface area contributed by atoms with Gasteiger partial charge in [0.1, 0.15) is 0 Å². The molecule has 0 aromatic carbocycles. The average molecular weight is 181 g/mol. The lowest BCUT2D eigenvalue weighted by Crippen LogP contribution is -2.02. The van der Waals surface area contributed by atoms with Crippen molar-refractivity contribution in [3.8, 4) is 0 Å². The van der Waals surface area contributed by atoms with Crippen LogP contribution in [0.2, 0.25) is 0 Å². The second-order valence-electron chi connectivity index (χ2n) is 2.74. The van der Waals surface area contributed by atoms with Gasteiger partial charge in [-0.2, -0.15) is 5.10 Å². The zero-order valence-electron chi connectivity index (χ0n) is 8.28. The summed E-state index contributed by atoms with van der Waals surface area (Å²) in [5, 5.41) is 11.7. The molecule has 1 rings (SSSR count). The molecule has 0 aliphatic carbocycles. The molecule has 0 amide bonds. The molecule has 1 aromatic rings. The Balaban J connectivity index is 2.60. The summed E-state index contributed by atoms with van der Waals surface area (Å²) in [7, 11) is 1.82. The van der Waals surface area contributed by atoms with Gasteiger partial charge in [-0.15, -0.1) is 5.10 Å². The lowest BCUT2D eigenvalue weighted by Gasteiger charge is -2.01. The zero-order chi connectivity index (χ0) is 9.68. The fraction of sp³-hybridized carbons (Fsp3) is 0.625. The molecule has 0 fully saturated rings. The van der Waals surface area contributed by atoms with Crippen molar-refractivity contribution in [1.29, 1.82) is 0 Å². The van der Waals surface area contributed by atoms with E-state index in [4.69, 9.17) is 0 Å². The molecule has 0 saturated carbocycles. The minimum atomic E-state index is 0.805. The molecular formula is C8H15N5. The highest BCUT2D eigenvalue weighted by molar-refractivity contribution is 5.84. The highest BCUT2D eigenvalue weighted by atomic mass is 15.5. The number of nitrogens with zero attached hydrogens (tertiary/aromatic N) is 4. The van der Waals surface area contributed by atoms with Gasteiger partial charge in [0.15, 0.2) is 5.82 Å². The highest BCUT2D eigenvalue weighted by Gasteiger charge is 1.97. The molecule has 13 heavy (non-hydrogen) atoms. The van der Waals surface area contributed by atoms with Crippen molar-refractivity contribution < 1.29 is 0 Å². The summed E-state index contributed by atoms with van der Waals surface area (Å²) in [6, 6.07) is 0. The van der Waals surface area contributed by atoms with Crippen LogP contribution in [0.1, 0.15) is 26.7 Å². The number of anilines is 1. The molecular weight excluding hydrogens is 166 g/mol. The first kappa shape index (κ1) is 9.70. The summed E-state index contributed by atoms with van der Waals surface area (Å²) in [5.41, 5.74) is 4.06. The summed E-state index contributed by atoms with van der Waals surface area (Å²) in [6.45, 7) is 4.18. The van der Waals surface area contributed by atoms with Crippen LogP contribution in [-0.4, -0.2) is 20.7 Å². The lowest BCUT2D eigenvalue weighted by atomic mass is 10.2. The van der Waals surface area contributed by atoms with Crippen LogP contribution in [0, 0.1) is 0 Å². The smallest absolute Gasteiger partial charge is 0.164 e. The van der Waals surface area contributed by atoms with Gasteiger partial charge in [0.25, 0.3) is 0 Å². The van der Waals surface area contributed by atoms with Crippen molar-refractivity contribution in [2.45, 2.75) is 26.7 Å². The Bertz CT molecular complexity index is 282. The molecule has 0 atom stereocenters. The Morgan fingerprint density at radius 2 is 2.23 bits per heavy atom. The number of nitrogens with one attached hydrogen (secondary N) is 1. The van der Waals surface area contributed by atoms with Gasteiger partial charge in [0.2, 0.25) is 0 Å². The number of hydrogen-bond donors (Lipinski definition) is 1. The van der Waals surface area contributed by atoms with E-state index in [1.807, 2.05) is 7.05 Å². The van der Waals surface area contributed by atoms with Gasteiger partial charge in [0.05, 0.1) is 6.20 Å². The first-order valence-corrected chi connectivity index (χ1v) is 4.44.